The van der Waals surface area contributed by atoms with E-state index in [-0.39, 0.29) is 0 Å². The topological polar surface area (TPSA) is 84.9 Å². The Kier molecular flexibility index (Phi) is 4.88. The van der Waals surface area contributed by atoms with Crippen LogP contribution < -0.4 is 14.8 Å². The minimum Gasteiger partial charge on any atom is -0.493 e. The van der Waals surface area contributed by atoms with Crippen molar-refractivity contribution in [3.05, 3.63) is 59.7 Å². The molecule has 130 valence electrons. The van der Waals surface area contributed by atoms with Gasteiger partial charge in [-0.25, -0.2) is 0 Å². The van der Waals surface area contributed by atoms with Gasteiger partial charge in [0, 0.05) is 12.5 Å². The van der Waals surface area contributed by atoms with E-state index in [2.05, 4.69) is 5.32 Å². The average Bonchev–Trinajstić information content (AvgIpc) is 3.02. The van der Waals surface area contributed by atoms with Gasteiger partial charge in [-0.2, -0.15) is 0 Å². The maximum Gasteiger partial charge on any atom is 0.316 e. The maximum absolute atomic E-state index is 11.8. The molecule has 1 fully saturated rings. The molecule has 1 amide bonds. The zero-order chi connectivity index (χ0) is 17.8. The Bertz CT molecular complexity index is 775. The van der Waals surface area contributed by atoms with Gasteiger partial charge < -0.3 is 19.9 Å². The summed E-state index contributed by atoms with van der Waals surface area (Å²) in [5.74, 6) is -2.02. The molecule has 2 aromatic rings. The molecule has 0 radical (unpaired) electrons. The molecule has 25 heavy (non-hydrogen) atoms. The van der Waals surface area contributed by atoms with Crippen LogP contribution in [0.4, 0.5) is 0 Å². The second kappa shape index (κ2) is 7.25. The Hall–Kier alpha value is -3.02. The highest BCUT2D eigenvalue weighted by atomic mass is 16.5. The Morgan fingerprint density at radius 3 is 2.64 bits per heavy atom. The summed E-state index contributed by atoms with van der Waals surface area (Å²) in [5.41, 5.74) is 1.74. The third kappa shape index (κ3) is 3.57. The highest BCUT2D eigenvalue weighted by Gasteiger charge is 2.41. The first-order valence-corrected chi connectivity index (χ1v) is 7.95. The van der Waals surface area contributed by atoms with Crippen LogP contribution in [0.1, 0.15) is 17.0 Å². The molecule has 2 unspecified atom stereocenters. The minimum absolute atomic E-state index is 0.292. The van der Waals surface area contributed by atoms with Gasteiger partial charge in [0.15, 0.2) is 11.5 Å². The molecule has 1 heterocycles. The smallest absolute Gasteiger partial charge is 0.316 e. The van der Waals surface area contributed by atoms with Gasteiger partial charge in [0.05, 0.1) is 7.11 Å². The number of nitrogens with one attached hydrogen (secondary N) is 1. The molecule has 1 aliphatic heterocycles. The SMILES string of the molecule is COc1ccc(C2CNC(=O)C2C(=O)O)cc1OCc1ccccc1. The van der Waals surface area contributed by atoms with E-state index in [0.717, 1.165) is 11.1 Å². The van der Waals surface area contributed by atoms with Gasteiger partial charge in [0.1, 0.15) is 12.5 Å². The number of hydrogen-bond donors (Lipinski definition) is 2. The van der Waals surface area contributed by atoms with Crippen LogP contribution in [0.25, 0.3) is 0 Å². The standard InChI is InChI=1S/C19H19NO5/c1-24-15-8-7-13(14-10-20-18(21)17(14)19(22)23)9-16(15)25-11-12-5-3-2-4-6-12/h2-9,14,17H,10-11H2,1H3,(H,20,21)(H,22,23). The molecule has 0 spiro atoms. The molecule has 1 saturated heterocycles. The molecule has 2 aromatic carbocycles. The lowest BCUT2D eigenvalue weighted by Crippen LogP contribution is -2.26. The molecule has 6 heteroatoms. The average molecular weight is 341 g/mol. The predicted molar refractivity (Wildman–Crippen MR) is 90.6 cm³/mol. The Morgan fingerprint density at radius 2 is 1.96 bits per heavy atom. The first-order valence-electron chi connectivity index (χ1n) is 7.95. The number of carbonyl (C=O) groups is 2. The van der Waals surface area contributed by atoms with Crippen LogP contribution in [0, 0.1) is 5.92 Å². The van der Waals surface area contributed by atoms with E-state index in [1.807, 2.05) is 30.3 Å². The Balaban J connectivity index is 1.84. The van der Waals surface area contributed by atoms with Gasteiger partial charge >= 0.3 is 5.97 Å². The molecule has 2 atom stereocenters. The number of carbonyl (C=O) groups excluding carboxylic acids is 1. The summed E-state index contributed by atoms with van der Waals surface area (Å²) in [6.45, 7) is 0.658. The van der Waals surface area contributed by atoms with E-state index in [1.165, 1.54) is 0 Å². The molecule has 6 nitrogen and oxygen atoms in total. The van der Waals surface area contributed by atoms with Crippen molar-refractivity contribution < 1.29 is 24.2 Å². The summed E-state index contributed by atoms with van der Waals surface area (Å²) in [6.07, 6.45) is 0. The number of hydrogen-bond acceptors (Lipinski definition) is 4. The van der Waals surface area contributed by atoms with Crippen molar-refractivity contribution >= 4 is 11.9 Å². The van der Waals surface area contributed by atoms with Gasteiger partial charge in [-0.1, -0.05) is 36.4 Å². The van der Waals surface area contributed by atoms with Crippen molar-refractivity contribution in [1.29, 1.82) is 0 Å². The van der Waals surface area contributed by atoms with Crippen LogP contribution in [0.3, 0.4) is 0 Å². The molecule has 0 aliphatic carbocycles. The van der Waals surface area contributed by atoms with Crippen molar-refractivity contribution in [1.82, 2.24) is 5.32 Å². The third-order valence-electron chi connectivity index (χ3n) is 4.30. The monoisotopic (exact) mass is 341 g/mol. The molecule has 0 aromatic heterocycles. The van der Waals surface area contributed by atoms with E-state index >= 15 is 0 Å². The van der Waals surface area contributed by atoms with E-state index in [0.29, 0.717) is 24.7 Å². The first kappa shape index (κ1) is 16.8. The molecule has 0 bridgehead atoms. The predicted octanol–water partition coefficient (Wildman–Crippen LogP) is 2.19. The number of methoxy groups -OCH3 is 1. The molecule has 3 rings (SSSR count). The summed E-state index contributed by atoms with van der Waals surface area (Å²) in [6, 6.07) is 15.0. The molecule has 1 aliphatic rings. The lowest BCUT2D eigenvalue weighted by Gasteiger charge is -2.17. The quantitative estimate of drug-likeness (QED) is 0.787. The summed E-state index contributed by atoms with van der Waals surface area (Å²) < 4.78 is 11.2. The normalized spacial score (nSPS) is 19.3. The third-order valence-corrected chi connectivity index (χ3v) is 4.30. The van der Waals surface area contributed by atoms with Gasteiger partial charge in [0.25, 0.3) is 0 Å². The number of aliphatic carboxylic acids is 1. The van der Waals surface area contributed by atoms with Gasteiger partial charge in [0.2, 0.25) is 5.91 Å². The van der Waals surface area contributed by atoms with E-state index in [9.17, 15) is 14.7 Å². The Labute approximate surface area is 145 Å². The van der Waals surface area contributed by atoms with Gasteiger partial charge in [-0.3, -0.25) is 9.59 Å². The van der Waals surface area contributed by atoms with Crippen LogP contribution in [-0.4, -0.2) is 30.6 Å². The molecular formula is C19H19NO5. The molecule has 2 N–H and O–H groups in total. The van der Waals surface area contributed by atoms with Gasteiger partial charge in [-0.15, -0.1) is 0 Å². The van der Waals surface area contributed by atoms with E-state index in [1.54, 1.807) is 25.3 Å². The summed E-state index contributed by atoms with van der Waals surface area (Å²) >= 11 is 0. The largest absolute Gasteiger partial charge is 0.493 e. The second-order valence-corrected chi connectivity index (χ2v) is 5.85. The lowest BCUT2D eigenvalue weighted by molar-refractivity contribution is -0.145. The number of carboxylic acids is 1. The van der Waals surface area contributed by atoms with Crippen LogP contribution in [0.2, 0.25) is 0 Å². The highest BCUT2D eigenvalue weighted by Crippen LogP contribution is 2.36. The number of ether oxygens (including phenoxy) is 2. The maximum atomic E-state index is 11.8. The molecular weight excluding hydrogens is 322 g/mol. The van der Waals surface area contributed by atoms with Crippen LogP contribution in [0.5, 0.6) is 11.5 Å². The van der Waals surface area contributed by atoms with Crippen molar-refractivity contribution in [2.45, 2.75) is 12.5 Å². The van der Waals surface area contributed by atoms with Crippen molar-refractivity contribution in [3.8, 4) is 11.5 Å². The number of amides is 1. The first-order chi connectivity index (χ1) is 12.1. The van der Waals surface area contributed by atoms with Crippen molar-refractivity contribution in [2.75, 3.05) is 13.7 Å². The number of benzene rings is 2. The van der Waals surface area contributed by atoms with Crippen LogP contribution in [0.15, 0.2) is 48.5 Å². The molecule has 0 saturated carbocycles. The minimum atomic E-state index is -1.12. The summed E-state index contributed by atoms with van der Waals surface area (Å²) in [7, 11) is 1.55. The van der Waals surface area contributed by atoms with Crippen molar-refractivity contribution in [3.63, 3.8) is 0 Å². The van der Waals surface area contributed by atoms with E-state index < -0.39 is 23.7 Å². The fourth-order valence-corrected chi connectivity index (χ4v) is 2.99. The summed E-state index contributed by atoms with van der Waals surface area (Å²) in [4.78, 5) is 23.2. The number of rotatable bonds is 6. The van der Waals surface area contributed by atoms with Crippen LogP contribution >= 0.6 is 0 Å². The lowest BCUT2D eigenvalue weighted by atomic mass is 9.88. The fraction of sp³-hybridized carbons (Fsp3) is 0.263. The number of carboxylic acid groups (broad SMARTS) is 1. The second-order valence-electron chi connectivity index (χ2n) is 5.85. The van der Waals surface area contributed by atoms with Gasteiger partial charge in [-0.05, 0) is 23.3 Å². The zero-order valence-corrected chi connectivity index (χ0v) is 13.8. The zero-order valence-electron chi connectivity index (χ0n) is 13.8. The fourth-order valence-electron chi connectivity index (χ4n) is 2.99. The van der Waals surface area contributed by atoms with Crippen LogP contribution in [-0.2, 0) is 16.2 Å². The Morgan fingerprint density at radius 1 is 1.20 bits per heavy atom. The highest BCUT2D eigenvalue weighted by molar-refractivity contribution is 5.99. The summed E-state index contributed by atoms with van der Waals surface area (Å²) in [5, 5.41) is 11.9. The van der Waals surface area contributed by atoms with Crippen molar-refractivity contribution in [2.24, 2.45) is 5.92 Å². The van der Waals surface area contributed by atoms with E-state index in [4.69, 9.17) is 9.47 Å².